The minimum Gasteiger partial charge on any atom is -0.477 e. The van der Waals surface area contributed by atoms with Crippen molar-refractivity contribution < 1.29 is 9.90 Å². The summed E-state index contributed by atoms with van der Waals surface area (Å²) < 4.78 is 0. The maximum atomic E-state index is 11.2. The number of carboxylic acids is 1. The molecular weight excluding hydrogens is 172 g/mol. The van der Waals surface area contributed by atoms with Gasteiger partial charge in [-0.25, -0.2) is 9.78 Å². The first-order valence-electron chi connectivity index (χ1n) is 3.89. The first-order chi connectivity index (χ1) is 6.06. The van der Waals surface area contributed by atoms with Gasteiger partial charge in [-0.15, -0.1) is 0 Å². The molecule has 1 aromatic heterocycles. The lowest BCUT2D eigenvalue weighted by molar-refractivity contribution is 0.0693. The largest absolute Gasteiger partial charge is 0.477 e. The van der Waals surface area contributed by atoms with E-state index in [4.69, 9.17) is 5.11 Å². The Hall–Kier alpha value is -1.65. The Morgan fingerprint density at radius 2 is 2.23 bits per heavy atom. The van der Waals surface area contributed by atoms with Gasteiger partial charge in [0.15, 0.2) is 0 Å². The lowest BCUT2D eigenvalue weighted by Gasteiger charge is -2.01. The molecule has 0 amide bonds. The number of rotatable bonds is 2. The topological polar surface area (TPSA) is 83.0 Å². The van der Waals surface area contributed by atoms with Gasteiger partial charge < -0.3 is 10.1 Å². The van der Waals surface area contributed by atoms with Crippen molar-refractivity contribution in [3.05, 3.63) is 27.4 Å². The molecule has 1 aromatic rings. The Bertz CT molecular complexity index is 395. The Labute approximate surface area is 74.4 Å². The number of carboxylic acid groups (broad SMARTS) is 1. The van der Waals surface area contributed by atoms with Gasteiger partial charge in [-0.3, -0.25) is 4.79 Å². The molecule has 5 heteroatoms. The standard InChI is InChI=1S/C8H10N2O3/c1-3-5-9-4(2)6(8(12)13)7(11)10-5/h3H2,1-2H3,(H,12,13)(H,9,10,11). The Morgan fingerprint density at radius 3 is 2.62 bits per heavy atom. The summed E-state index contributed by atoms with van der Waals surface area (Å²) in [5.74, 6) is -0.735. The van der Waals surface area contributed by atoms with Crippen LogP contribution >= 0.6 is 0 Å². The van der Waals surface area contributed by atoms with E-state index in [9.17, 15) is 9.59 Å². The van der Waals surface area contributed by atoms with Crippen LogP contribution in [0.3, 0.4) is 0 Å². The first-order valence-corrected chi connectivity index (χ1v) is 3.89. The van der Waals surface area contributed by atoms with Crippen molar-refractivity contribution in [2.45, 2.75) is 20.3 Å². The second-order valence-corrected chi connectivity index (χ2v) is 2.63. The van der Waals surface area contributed by atoms with E-state index in [0.29, 0.717) is 12.2 Å². The number of aromatic amines is 1. The maximum absolute atomic E-state index is 11.2. The van der Waals surface area contributed by atoms with Crippen LogP contribution in [0.2, 0.25) is 0 Å². The van der Waals surface area contributed by atoms with Crippen LogP contribution in [0.4, 0.5) is 0 Å². The van der Waals surface area contributed by atoms with Gasteiger partial charge in [0.05, 0.1) is 5.69 Å². The monoisotopic (exact) mass is 182 g/mol. The normalized spacial score (nSPS) is 10.0. The predicted octanol–water partition coefficient (Wildman–Crippen LogP) is 0.339. The minimum atomic E-state index is -1.24. The summed E-state index contributed by atoms with van der Waals surface area (Å²) in [6.45, 7) is 3.34. The predicted molar refractivity (Wildman–Crippen MR) is 45.9 cm³/mol. The molecule has 1 rings (SSSR count). The molecule has 0 unspecified atom stereocenters. The van der Waals surface area contributed by atoms with Crippen molar-refractivity contribution >= 4 is 5.97 Å². The van der Waals surface area contributed by atoms with Gasteiger partial charge in [-0.2, -0.15) is 0 Å². The molecule has 70 valence electrons. The van der Waals surface area contributed by atoms with E-state index in [-0.39, 0.29) is 11.3 Å². The first kappa shape index (κ1) is 9.44. The third kappa shape index (κ3) is 1.74. The second-order valence-electron chi connectivity index (χ2n) is 2.63. The van der Waals surface area contributed by atoms with Crippen LogP contribution in [-0.2, 0) is 6.42 Å². The molecule has 0 bridgehead atoms. The zero-order chi connectivity index (χ0) is 10.0. The summed E-state index contributed by atoms with van der Waals surface area (Å²) in [6, 6.07) is 0. The van der Waals surface area contributed by atoms with Crippen LogP contribution < -0.4 is 5.56 Å². The van der Waals surface area contributed by atoms with Gasteiger partial charge in [-0.05, 0) is 6.92 Å². The minimum absolute atomic E-state index is 0.258. The molecule has 0 saturated heterocycles. The molecule has 1 heterocycles. The molecule has 0 fully saturated rings. The fourth-order valence-corrected chi connectivity index (χ4v) is 1.06. The van der Waals surface area contributed by atoms with Crippen molar-refractivity contribution in [1.82, 2.24) is 9.97 Å². The van der Waals surface area contributed by atoms with Crippen molar-refractivity contribution in [3.63, 3.8) is 0 Å². The fourth-order valence-electron chi connectivity index (χ4n) is 1.06. The molecule has 0 atom stereocenters. The van der Waals surface area contributed by atoms with Crippen LogP contribution in [0.25, 0.3) is 0 Å². The van der Waals surface area contributed by atoms with Gasteiger partial charge in [0.25, 0.3) is 5.56 Å². The van der Waals surface area contributed by atoms with Crippen molar-refractivity contribution in [1.29, 1.82) is 0 Å². The third-order valence-corrected chi connectivity index (χ3v) is 1.70. The smallest absolute Gasteiger partial charge is 0.343 e. The number of H-pyrrole nitrogens is 1. The summed E-state index contributed by atoms with van der Waals surface area (Å²) in [5, 5.41) is 8.65. The molecule has 0 aliphatic rings. The van der Waals surface area contributed by atoms with Crippen LogP contribution in [0.15, 0.2) is 4.79 Å². The number of aryl methyl sites for hydroxylation is 2. The van der Waals surface area contributed by atoms with Crippen molar-refractivity contribution in [2.24, 2.45) is 0 Å². The van der Waals surface area contributed by atoms with Crippen LogP contribution in [-0.4, -0.2) is 21.0 Å². The number of hydrogen-bond acceptors (Lipinski definition) is 3. The van der Waals surface area contributed by atoms with Crippen LogP contribution in [0, 0.1) is 6.92 Å². The summed E-state index contributed by atoms with van der Waals surface area (Å²) in [5.41, 5.74) is -0.609. The van der Waals surface area contributed by atoms with Gasteiger partial charge >= 0.3 is 5.97 Å². The molecular formula is C8H10N2O3. The molecule has 13 heavy (non-hydrogen) atoms. The average molecular weight is 182 g/mol. The highest BCUT2D eigenvalue weighted by Crippen LogP contribution is 1.98. The number of hydrogen-bond donors (Lipinski definition) is 2. The highest BCUT2D eigenvalue weighted by atomic mass is 16.4. The summed E-state index contributed by atoms with van der Waals surface area (Å²) in [6.07, 6.45) is 0.579. The van der Waals surface area contributed by atoms with E-state index in [2.05, 4.69) is 9.97 Å². The van der Waals surface area contributed by atoms with E-state index >= 15 is 0 Å². The third-order valence-electron chi connectivity index (χ3n) is 1.70. The zero-order valence-electron chi connectivity index (χ0n) is 7.42. The molecule has 0 radical (unpaired) electrons. The molecule has 0 aromatic carbocycles. The molecule has 0 saturated carbocycles. The van der Waals surface area contributed by atoms with E-state index in [1.165, 1.54) is 6.92 Å². The Morgan fingerprint density at radius 1 is 1.62 bits per heavy atom. The number of nitrogens with one attached hydrogen (secondary N) is 1. The van der Waals surface area contributed by atoms with Gasteiger partial charge in [0.2, 0.25) is 0 Å². The van der Waals surface area contributed by atoms with Gasteiger partial charge in [-0.1, -0.05) is 6.92 Å². The van der Waals surface area contributed by atoms with Crippen molar-refractivity contribution in [3.8, 4) is 0 Å². The molecule has 2 N–H and O–H groups in total. The zero-order valence-corrected chi connectivity index (χ0v) is 7.42. The van der Waals surface area contributed by atoms with E-state index in [1.807, 2.05) is 6.92 Å². The number of carbonyl (C=O) groups is 1. The average Bonchev–Trinajstić information content (AvgIpc) is 2.02. The molecule has 0 aliphatic heterocycles. The molecule has 0 aliphatic carbocycles. The maximum Gasteiger partial charge on any atom is 0.343 e. The lowest BCUT2D eigenvalue weighted by atomic mass is 10.2. The lowest BCUT2D eigenvalue weighted by Crippen LogP contribution is -2.22. The van der Waals surface area contributed by atoms with Crippen molar-refractivity contribution in [2.75, 3.05) is 0 Å². The van der Waals surface area contributed by atoms with E-state index in [0.717, 1.165) is 0 Å². The van der Waals surface area contributed by atoms with Gasteiger partial charge in [0.1, 0.15) is 11.4 Å². The van der Waals surface area contributed by atoms with Crippen LogP contribution in [0.5, 0.6) is 0 Å². The Kier molecular flexibility index (Phi) is 2.46. The van der Waals surface area contributed by atoms with Gasteiger partial charge in [0, 0.05) is 6.42 Å². The highest BCUT2D eigenvalue weighted by molar-refractivity contribution is 5.88. The van der Waals surface area contributed by atoms with E-state index in [1.54, 1.807) is 0 Å². The Balaban J connectivity index is 3.40. The van der Waals surface area contributed by atoms with E-state index < -0.39 is 11.5 Å². The van der Waals surface area contributed by atoms with Crippen LogP contribution in [0.1, 0.15) is 28.8 Å². The SMILES string of the molecule is CCc1nc(C)c(C(=O)O)c(=O)[nH]1. The quantitative estimate of drug-likeness (QED) is 0.690. The summed E-state index contributed by atoms with van der Waals surface area (Å²) in [7, 11) is 0. The second kappa shape index (κ2) is 3.38. The summed E-state index contributed by atoms with van der Waals surface area (Å²) in [4.78, 5) is 28.1. The number of aromatic carboxylic acids is 1. The number of nitrogens with zero attached hydrogens (tertiary/aromatic N) is 1. The summed E-state index contributed by atoms with van der Waals surface area (Å²) >= 11 is 0. The molecule has 5 nitrogen and oxygen atoms in total. The highest BCUT2D eigenvalue weighted by Gasteiger charge is 2.13. The molecule has 0 spiro atoms. The fraction of sp³-hybridized carbons (Fsp3) is 0.375. The number of aromatic nitrogens is 2.